The minimum absolute atomic E-state index is 0.0364. The average molecular weight is 287 g/mol. The molecule has 0 aromatic heterocycles. The number of fused-ring (bicyclic) bond motifs is 1. The van der Waals surface area contributed by atoms with Crippen LogP contribution >= 0.6 is 0 Å². The van der Waals surface area contributed by atoms with E-state index in [1.807, 2.05) is 0 Å². The molecule has 0 heterocycles. The van der Waals surface area contributed by atoms with Gasteiger partial charge in [0.2, 0.25) is 5.75 Å². The number of nitrogens with zero attached hydrogens (tertiary/aromatic N) is 1. The minimum Gasteiger partial charge on any atom is -0.450 e. The van der Waals surface area contributed by atoms with Crippen LogP contribution in [0.3, 0.4) is 0 Å². The zero-order valence-corrected chi connectivity index (χ0v) is 10.8. The van der Waals surface area contributed by atoms with Crippen LogP contribution in [-0.4, -0.2) is 10.7 Å². The summed E-state index contributed by atoms with van der Waals surface area (Å²) in [6.45, 7) is 0. The number of ether oxygens (including phenoxy) is 1. The van der Waals surface area contributed by atoms with E-state index in [2.05, 4.69) is 0 Å². The molecule has 0 fully saturated rings. The first-order chi connectivity index (χ1) is 10.0. The van der Waals surface area contributed by atoms with Gasteiger partial charge >= 0.3 is 5.69 Å². The zero-order chi connectivity index (χ0) is 15.0. The molecule has 0 spiro atoms. The Hall–Kier alpha value is -2.76. The number of hydrogen-bond acceptors (Lipinski definition) is 4. The third kappa shape index (κ3) is 2.47. The highest BCUT2D eigenvalue weighted by atomic mass is 19.1. The number of nitro benzene ring substituents is 1. The van der Waals surface area contributed by atoms with Gasteiger partial charge in [-0.25, -0.2) is 4.39 Å². The second kappa shape index (κ2) is 4.97. The number of benzene rings is 2. The fourth-order valence-corrected chi connectivity index (χ4v) is 2.34. The molecule has 1 aliphatic carbocycles. The normalized spacial score (nSPS) is 13.1. The Morgan fingerprint density at radius 2 is 1.95 bits per heavy atom. The van der Waals surface area contributed by atoms with Gasteiger partial charge in [0.05, 0.1) is 11.0 Å². The molecule has 0 amide bonds. The van der Waals surface area contributed by atoms with Gasteiger partial charge in [0.1, 0.15) is 11.6 Å². The molecule has 0 atom stereocenters. The van der Waals surface area contributed by atoms with Crippen molar-refractivity contribution in [1.82, 2.24) is 0 Å². The summed E-state index contributed by atoms with van der Waals surface area (Å²) >= 11 is 0. The third-order valence-corrected chi connectivity index (χ3v) is 3.34. The van der Waals surface area contributed by atoms with Crippen molar-refractivity contribution in [2.24, 2.45) is 0 Å². The lowest BCUT2D eigenvalue weighted by Crippen LogP contribution is -1.95. The van der Waals surface area contributed by atoms with E-state index in [1.165, 1.54) is 6.07 Å². The van der Waals surface area contributed by atoms with Crippen LogP contribution in [0.4, 0.5) is 10.1 Å². The summed E-state index contributed by atoms with van der Waals surface area (Å²) in [7, 11) is 0. The molecule has 0 saturated heterocycles. The van der Waals surface area contributed by atoms with Gasteiger partial charge in [0.25, 0.3) is 0 Å². The topological polar surface area (TPSA) is 69.4 Å². The lowest BCUT2D eigenvalue weighted by Gasteiger charge is -2.07. The summed E-state index contributed by atoms with van der Waals surface area (Å²) in [6.07, 6.45) is 1.10. The van der Waals surface area contributed by atoms with Crippen LogP contribution in [-0.2, 0) is 6.42 Å². The Labute approximate surface area is 119 Å². The number of carbonyl (C=O) groups excluding carboxylic acids is 1. The molecule has 0 saturated carbocycles. The molecule has 2 aromatic carbocycles. The quantitative estimate of drug-likeness (QED) is 0.638. The highest BCUT2D eigenvalue weighted by Crippen LogP contribution is 2.34. The maximum absolute atomic E-state index is 13.1. The van der Waals surface area contributed by atoms with Gasteiger partial charge in [-0.1, -0.05) is 0 Å². The molecule has 0 N–H and O–H groups in total. The molecule has 1 aliphatic rings. The predicted octanol–water partition coefficient (Wildman–Crippen LogP) is 3.66. The van der Waals surface area contributed by atoms with Crippen molar-refractivity contribution in [3.8, 4) is 11.5 Å². The largest absolute Gasteiger partial charge is 0.450 e. The van der Waals surface area contributed by atoms with Crippen molar-refractivity contribution in [1.29, 1.82) is 0 Å². The number of ketones is 1. The number of carbonyl (C=O) groups is 1. The molecule has 2 aromatic rings. The van der Waals surface area contributed by atoms with Crippen LogP contribution in [0.2, 0.25) is 0 Å². The van der Waals surface area contributed by atoms with E-state index >= 15 is 0 Å². The van der Waals surface area contributed by atoms with Crippen molar-refractivity contribution in [2.45, 2.75) is 12.8 Å². The Bertz CT molecular complexity index is 757. The number of aryl methyl sites for hydroxylation is 1. The summed E-state index contributed by atoms with van der Waals surface area (Å²) in [6, 6.07) is 8.04. The summed E-state index contributed by atoms with van der Waals surface area (Å²) in [5.74, 6) is -0.262. The smallest absolute Gasteiger partial charge is 0.314 e. The van der Waals surface area contributed by atoms with E-state index in [9.17, 15) is 19.3 Å². The van der Waals surface area contributed by atoms with Crippen LogP contribution < -0.4 is 4.74 Å². The number of nitro groups is 1. The highest BCUT2D eigenvalue weighted by molar-refractivity contribution is 6.00. The number of halogens is 1. The van der Waals surface area contributed by atoms with Crippen molar-refractivity contribution < 1.29 is 18.8 Å². The van der Waals surface area contributed by atoms with E-state index in [0.717, 1.165) is 17.7 Å². The Balaban J connectivity index is 1.94. The van der Waals surface area contributed by atoms with Gasteiger partial charge in [-0.2, -0.15) is 0 Å². The van der Waals surface area contributed by atoms with Crippen LogP contribution in [0.25, 0.3) is 0 Å². The monoisotopic (exact) mass is 287 g/mol. The van der Waals surface area contributed by atoms with Gasteiger partial charge in [-0.05, 0) is 42.3 Å². The van der Waals surface area contributed by atoms with Crippen LogP contribution in [0, 0.1) is 15.9 Å². The molecular formula is C15H10FNO4. The maximum Gasteiger partial charge on any atom is 0.314 e. The second-order valence-corrected chi connectivity index (χ2v) is 4.71. The number of rotatable bonds is 3. The average Bonchev–Trinajstić information content (AvgIpc) is 2.82. The second-order valence-electron chi connectivity index (χ2n) is 4.71. The number of hydrogen-bond donors (Lipinski definition) is 0. The van der Waals surface area contributed by atoms with Gasteiger partial charge < -0.3 is 4.74 Å². The van der Waals surface area contributed by atoms with E-state index in [-0.39, 0.29) is 11.5 Å². The Morgan fingerprint density at radius 3 is 2.71 bits per heavy atom. The van der Waals surface area contributed by atoms with Crippen molar-refractivity contribution in [3.63, 3.8) is 0 Å². The molecule has 6 heteroatoms. The van der Waals surface area contributed by atoms with Crippen LogP contribution in [0.1, 0.15) is 22.3 Å². The van der Waals surface area contributed by atoms with Crippen molar-refractivity contribution in [3.05, 3.63) is 63.5 Å². The van der Waals surface area contributed by atoms with E-state index in [1.54, 1.807) is 18.2 Å². The molecule has 106 valence electrons. The first-order valence-corrected chi connectivity index (χ1v) is 6.32. The first kappa shape index (κ1) is 13.2. The third-order valence-electron chi connectivity index (χ3n) is 3.34. The maximum atomic E-state index is 13.1. The molecule has 0 aliphatic heterocycles. The van der Waals surface area contributed by atoms with E-state index < -0.39 is 16.4 Å². The highest BCUT2D eigenvalue weighted by Gasteiger charge is 2.21. The molecule has 0 radical (unpaired) electrons. The molecule has 3 rings (SSSR count). The molecular weight excluding hydrogens is 277 g/mol. The summed E-state index contributed by atoms with van der Waals surface area (Å²) < 4.78 is 18.5. The number of Topliss-reactive ketones (excluding diaryl/α,β-unsaturated/α-hetero) is 1. The van der Waals surface area contributed by atoms with Gasteiger partial charge in [0.15, 0.2) is 5.78 Å². The summed E-state index contributed by atoms with van der Waals surface area (Å²) in [5, 5.41) is 10.9. The molecule has 21 heavy (non-hydrogen) atoms. The van der Waals surface area contributed by atoms with Crippen molar-refractivity contribution >= 4 is 11.5 Å². The Kier molecular flexibility index (Phi) is 3.13. The van der Waals surface area contributed by atoms with Gasteiger partial charge in [0, 0.05) is 12.0 Å². The fraction of sp³-hybridized carbons (Fsp3) is 0.133. The molecule has 0 unspecified atom stereocenters. The summed E-state index contributed by atoms with van der Waals surface area (Å²) in [4.78, 5) is 21.8. The Morgan fingerprint density at radius 1 is 1.14 bits per heavy atom. The summed E-state index contributed by atoms with van der Waals surface area (Å²) in [5.41, 5.74) is 1.09. The van der Waals surface area contributed by atoms with Crippen molar-refractivity contribution in [2.75, 3.05) is 0 Å². The van der Waals surface area contributed by atoms with Gasteiger partial charge in [-0.15, -0.1) is 0 Å². The molecule has 5 nitrogen and oxygen atoms in total. The van der Waals surface area contributed by atoms with Gasteiger partial charge in [-0.3, -0.25) is 14.9 Å². The lowest BCUT2D eigenvalue weighted by molar-refractivity contribution is -0.385. The van der Waals surface area contributed by atoms with Crippen LogP contribution in [0.5, 0.6) is 11.5 Å². The molecule has 0 bridgehead atoms. The SMILES string of the molecule is O=C1CCc2cc(Oc3ccc(F)cc3[N+](=O)[O-])ccc21. The zero-order valence-electron chi connectivity index (χ0n) is 10.8. The fourth-order valence-electron chi connectivity index (χ4n) is 2.34. The first-order valence-electron chi connectivity index (χ1n) is 6.32. The predicted molar refractivity (Wildman–Crippen MR) is 72.2 cm³/mol. The minimum atomic E-state index is -0.700. The van der Waals surface area contributed by atoms with E-state index in [0.29, 0.717) is 24.2 Å². The standard InChI is InChI=1S/C15H10FNO4/c16-10-2-6-15(13(8-10)17(19)20)21-11-3-4-12-9(7-11)1-5-14(12)18/h2-4,6-8H,1,5H2. The van der Waals surface area contributed by atoms with E-state index in [4.69, 9.17) is 4.74 Å². The van der Waals surface area contributed by atoms with Crippen LogP contribution in [0.15, 0.2) is 36.4 Å². The lowest BCUT2D eigenvalue weighted by atomic mass is 10.1.